The van der Waals surface area contributed by atoms with Gasteiger partial charge in [0.2, 0.25) is 5.91 Å². The zero-order valence-electron chi connectivity index (χ0n) is 43.0. The minimum absolute atomic E-state index is 0.00246. The normalized spacial score (nSPS) is 12.8. The standard InChI is InChI=1S/C58H111NO5/c1-3-5-7-9-11-13-15-16-17-25-28-32-36-40-44-48-52-58(63)64-53-49-45-41-37-33-29-26-23-21-19-18-20-22-24-27-31-35-39-43-47-51-57(62)59-55(54-60)56(61)50-46-42-38-34-30-14-12-10-8-6-4-2/h17,25,46,50,55-56,60-61H,3-16,18-24,26-45,47-49,51-54H2,1-2H3,(H,59,62)/b25-17-,50-46+. The molecule has 0 aliphatic heterocycles. The molecule has 64 heavy (non-hydrogen) atoms. The quantitative estimate of drug-likeness (QED) is 0.0321. The first-order valence-corrected chi connectivity index (χ1v) is 28.6. The Bertz CT molecular complexity index is 997. The Morgan fingerprint density at radius 2 is 0.734 bits per heavy atom. The minimum atomic E-state index is -0.844. The van der Waals surface area contributed by atoms with Crippen LogP contribution in [-0.4, -0.2) is 47.4 Å². The summed E-state index contributed by atoms with van der Waals surface area (Å²) in [6, 6.07) is -0.627. The number of ether oxygens (including phenoxy) is 1. The van der Waals surface area contributed by atoms with Crippen LogP contribution < -0.4 is 5.32 Å². The number of hydrogen-bond donors (Lipinski definition) is 3. The van der Waals surface area contributed by atoms with Crippen LogP contribution in [0.1, 0.15) is 309 Å². The average Bonchev–Trinajstić information content (AvgIpc) is 3.29. The molecule has 2 unspecified atom stereocenters. The van der Waals surface area contributed by atoms with E-state index in [0.717, 1.165) is 44.9 Å². The van der Waals surface area contributed by atoms with E-state index >= 15 is 0 Å². The van der Waals surface area contributed by atoms with Gasteiger partial charge in [0.15, 0.2) is 0 Å². The highest BCUT2D eigenvalue weighted by Crippen LogP contribution is 2.17. The maximum absolute atomic E-state index is 12.4. The summed E-state index contributed by atoms with van der Waals surface area (Å²) in [4.78, 5) is 24.5. The summed E-state index contributed by atoms with van der Waals surface area (Å²) >= 11 is 0. The second kappa shape index (κ2) is 54.0. The summed E-state index contributed by atoms with van der Waals surface area (Å²) in [7, 11) is 0. The van der Waals surface area contributed by atoms with Crippen LogP contribution in [-0.2, 0) is 14.3 Å². The van der Waals surface area contributed by atoms with Crippen LogP contribution in [0.25, 0.3) is 0 Å². The van der Waals surface area contributed by atoms with Crippen molar-refractivity contribution in [1.29, 1.82) is 0 Å². The highest BCUT2D eigenvalue weighted by atomic mass is 16.5. The van der Waals surface area contributed by atoms with E-state index in [1.165, 1.54) is 238 Å². The maximum atomic E-state index is 12.4. The molecule has 1 amide bonds. The fourth-order valence-electron chi connectivity index (χ4n) is 8.81. The molecule has 0 saturated heterocycles. The molecule has 0 aromatic rings. The van der Waals surface area contributed by atoms with Crippen molar-refractivity contribution in [3.05, 3.63) is 24.3 Å². The van der Waals surface area contributed by atoms with E-state index in [0.29, 0.717) is 19.4 Å². The first kappa shape index (κ1) is 62.3. The zero-order chi connectivity index (χ0) is 46.5. The lowest BCUT2D eigenvalue weighted by Crippen LogP contribution is -2.45. The third-order valence-corrected chi connectivity index (χ3v) is 13.2. The Kier molecular flexibility index (Phi) is 52.6. The number of amides is 1. The number of aliphatic hydroxyl groups is 2. The number of carbonyl (C=O) groups is 2. The Balaban J connectivity index is 3.39. The van der Waals surface area contributed by atoms with Gasteiger partial charge < -0.3 is 20.3 Å². The van der Waals surface area contributed by atoms with Gasteiger partial charge in [-0.25, -0.2) is 0 Å². The lowest BCUT2D eigenvalue weighted by Gasteiger charge is -2.20. The van der Waals surface area contributed by atoms with E-state index in [9.17, 15) is 19.8 Å². The lowest BCUT2D eigenvalue weighted by atomic mass is 10.0. The van der Waals surface area contributed by atoms with E-state index in [2.05, 4.69) is 31.3 Å². The summed E-state index contributed by atoms with van der Waals surface area (Å²) in [6.07, 6.45) is 64.9. The molecular formula is C58H111NO5. The van der Waals surface area contributed by atoms with Crippen molar-refractivity contribution in [2.24, 2.45) is 0 Å². The first-order valence-electron chi connectivity index (χ1n) is 28.6. The van der Waals surface area contributed by atoms with E-state index in [1.807, 2.05) is 6.08 Å². The monoisotopic (exact) mass is 902 g/mol. The highest BCUT2D eigenvalue weighted by molar-refractivity contribution is 5.76. The predicted octanol–water partition coefficient (Wildman–Crippen LogP) is 17.5. The molecule has 0 aliphatic rings. The molecule has 0 rings (SSSR count). The Hall–Kier alpha value is -1.66. The third-order valence-electron chi connectivity index (χ3n) is 13.2. The molecule has 0 heterocycles. The minimum Gasteiger partial charge on any atom is -0.466 e. The van der Waals surface area contributed by atoms with Crippen molar-refractivity contribution in [3.8, 4) is 0 Å². The molecule has 0 aliphatic carbocycles. The van der Waals surface area contributed by atoms with Crippen molar-refractivity contribution in [3.63, 3.8) is 0 Å². The summed E-state index contributed by atoms with van der Waals surface area (Å²) in [6.45, 7) is 4.89. The van der Waals surface area contributed by atoms with Crippen molar-refractivity contribution in [1.82, 2.24) is 5.32 Å². The maximum Gasteiger partial charge on any atom is 0.305 e. The van der Waals surface area contributed by atoms with Gasteiger partial charge in [-0.15, -0.1) is 0 Å². The summed E-state index contributed by atoms with van der Waals surface area (Å²) in [5.41, 5.74) is 0. The number of hydrogen-bond acceptors (Lipinski definition) is 5. The molecular weight excluding hydrogens is 791 g/mol. The van der Waals surface area contributed by atoms with Gasteiger partial charge in [0.1, 0.15) is 0 Å². The molecule has 0 aromatic heterocycles. The summed E-state index contributed by atoms with van der Waals surface area (Å²) in [5, 5.41) is 23.0. The van der Waals surface area contributed by atoms with Gasteiger partial charge in [-0.3, -0.25) is 9.59 Å². The SMILES string of the molecule is CCCCCCCCC/C=C\CCCCCCCC(=O)OCCCCCCCCCCCCCCCCCCCCCCC(=O)NC(CO)C(O)/C=C/CCCCCCCCCCC. The fourth-order valence-corrected chi connectivity index (χ4v) is 8.81. The number of rotatable bonds is 53. The van der Waals surface area contributed by atoms with E-state index in [4.69, 9.17) is 4.74 Å². The molecule has 3 N–H and O–H groups in total. The van der Waals surface area contributed by atoms with Crippen LogP contribution in [0.2, 0.25) is 0 Å². The molecule has 0 spiro atoms. The zero-order valence-corrected chi connectivity index (χ0v) is 43.0. The van der Waals surface area contributed by atoms with E-state index in [-0.39, 0.29) is 18.5 Å². The van der Waals surface area contributed by atoms with E-state index < -0.39 is 12.1 Å². The van der Waals surface area contributed by atoms with Gasteiger partial charge in [0.05, 0.1) is 25.4 Å². The van der Waals surface area contributed by atoms with Crippen molar-refractivity contribution in [2.45, 2.75) is 321 Å². The van der Waals surface area contributed by atoms with Gasteiger partial charge in [-0.1, -0.05) is 263 Å². The molecule has 6 heteroatoms. The van der Waals surface area contributed by atoms with Gasteiger partial charge in [0, 0.05) is 12.8 Å². The number of esters is 1. The molecule has 0 fully saturated rings. The smallest absolute Gasteiger partial charge is 0.305 e. The van der Waals surface area contributed by atoms with Crippen LogP contribution >= 0.6 is 0 Å². The number of allylic oxidation sites excluding steroid dienone is 3. The molecule has 0 saturated carbocycles. The highest BCUT2D eigenvalue weighted by Gasteiger charge is 2.18. The largest absolute Gasteiger partial charge is 0.466 e. The van der Waals surface area contributed by atoms with Crippen LogP contribution in [0.15, 0.2) is 24.3 Å². The molecule has 378 valence electrons. The van der Waals surface area contributed by atoms with Crippen LogP contribution in [0.3, 0.4) is 0 Å². The van der Waals surface area contributed by atoms with Gasteiger partial charge in [-0.05, 0) is 57.8 Å². The van der Waals surface area contributed by atoms with Crippen LogP contribution in [0.4, 0.5) is 0 Å². The first-order chi connectivity index (χ1) is 31.5. The topological polar surface area (TPSA) is 95.9 Å². The van der Waals surface area contributed by atoms with Crippen molar-refractivity contribution in [2.75, 3.05) is 13.2 Å². The summed E-state index contributed by atoms with van der Waals surface area (Å²) in [5.74, 6) is -0.0683. The fraction of sp³-hybridized carbons (Fsp3) is 0.897. The molecule has 0 aromatic carbocycles. The van der Waals surface area contributed by atoms with Crippen molar-refractivity contribution < 1.29 is 24.5 Å². The Labute approximate surface area is 399 Å². The Morgan fingerprint density at radius 1 is 0.422 bits per heavy atom. The number of nitrogens with one attached hydrogen (secondary N) is 1. The summed E-state index contributed by atoms with van der Waals surface area (Å²) < 4.78 is 5.48. The predicted molar refractivity (Wildman–Crippen MR) is 278 cm³/mol. The van der Waals surface area contributed by atoms with Crippen LogP contribution in [0.5, 0.6) is 0 Å². The molecule has 6 nitrogen and oxygen atoms in total. The van der Waals surface area contributed by atoms with E-state index in [1.54, 1.807) is 6.08 Å². The van der Waals surface area contributed by atoms with Crippen molar-refractivity contribution >= 4 is 11.9 Å². The van der Waals surface area contributed by atoms with Gasteiger partial charge in [0.25, 0.3) is 0 Å². The lowest BCUT2D eigenvalue weighted by molar-refractivity contribution is -0.143. The number of carbonyl (C=O) groups excluding carboxylic acids is 2. The molecule has 0 radical (unpaired) electrons. The van der Waals surface area contributed by atoms with Gasteiger partial charge in [-0.2, -0.15) is 0 Å². The molecule has 2 atom stereocenters. The Morgan fingerprint density at radius 3 is 1.11 bits per heavy atom. The third kappa shape index (κ3) is 49.8. The second-order valence-electron chi connectivity index (χ2n) is 19.6. The second-order valence-corrected chi connectivity index (χ2v) is 19.6. The van der Waals surface area contributed by atoms with Gasteiger partial charge >= 0.3 is 5.97 Å². The van der Waals surface area contributed by atoms with Crippen LogP contribution in [0, 0.1) is 0 Å². The molecule has 0 bridgehead atoms. The number of unbranched alkanes of at least 4 members (excludes halogenated alkanes) is 40. The number of aliphatic hydroxyl groups excluding tert-OH is 2. The average molecular weight is 903 g/mol.